The van der Waals surface area contributed by atoms with Crippen molar-refractivity contribution < 1.29 is 0 Å². The normalized spacial score (nSPS) is 21.4. The van der Waals surface area contributed by atoms with E-state index in [0.717, 1.165) is 28.5 Å². The van der Waals surface area contributed by atoms with E-state index in [1.165, 1.54) is 48.8 Å². The number of nitriles is 1. The van der Waals surface area contributed by atoms with E-state index in [1.807, 2.05) is 42.5 Å². The summed E-state index contributed by atoms with van der Waals surface area (Å²) in [5.74, 6) is 3.67. The average molecular weight is 533 g/mol. The van der Waals surface area contributed by atoms with Crippen molar-refractivity contribution in [2.45, 2.75) is 44.4 Å². The second-order valence-corrected chi connectivity index (χ2v) is 12.0. The summed E-state index contributed by atoms with van der Waals surface area (Å²) in [4.78, 5) is 14.5. The molecule has 2 saturated carbocycles. The molecule has 41 heavy (non-hydrogen) atoms. The highest BCUT2D eigenvalue weighted by Gasteiger charge is 2.41. The minimum absolute atomic E-state index is 0.314. The third-order valence-electron chi connectivity index (χ3n) is 9.13. The predicted molar refractivity (Wildman–Crippen MR) is 164 cm³/mol. The van der Waals surface area contributed by atoms with Crippen LogP contribution in [-0.4, -0.2) is 15.0 Å². The average Bonchev–Trinajstić information content (AvgIpc) is 3.39. The fourth-order valence-electron chi connectivity index (χ4n) is 7.06. The van der Waals surface area contributed by atoms with Crippen LogP contribution in [0.5, 0.6) is 0 Å². The first-order valence-corrected chi connectivity index (χ1v) is 14.6. The molecule has 0 amide bonds. The van der Waals surface area contributed by atoms with Crippen LogP contribution in [-0.2, 0) is 5.41 Å². The number of nitrogens with zero attached hydrogens (tertiary/aromatic N) is 4. The van der Waals surface area contributed by atoms with Crippen molar-refractivity contribution in [2.24, 2.45) is 11.8 Å². The van der Waals surface area contributed by atoms with Gasteiger partial charge in [0.2, 0.25) is 0 Å². The highest BCUT2D eigenvalue weighted by molar-refractivity contribution is 5.70. The quantitative estimate of drug-likeness (QED) is 0.227. The highest BCUT2D eigenvalue weighted by atomic mass is 15.0. The van der Waals surface area contributed by atoms with E-state index >= 15 is 0 Å². The maximum absolute atomic E-state index is 9.20. The molecule has 0 spiro atoms. The molecular weight excluding hydrogens is 500 g/mol. The van der Waals surface area contributed by atoms with Crippen molar-refractivity contribution in [3.63, 3.8) is 0 Å². The first kappa shape index (κ1) is 25.4. The van der Waals surface area contributed by atoms with Gasteiger partial charge in [-0.25, -0.2) is 15.0 Å². The number of rotatable bonds is 5. The van der Waals surface area contributed by atoms with Gasteiger partial charge in [0.1, 0.15) is 0 Å². The van der Waals surface area contributed by atoms with Gasteiger partial charge in [-0.05, 0) is 77.5 Å². The summed E-state index contributed by atoms with van der Waals surface area (Å²) < 4.78 is 0. The first-order valence-electron chi connectivity index (χ1n) is 14.6. The lowest BCUT2D eigenvalue weighted by atomic mass is 9.66. The highest BCUT2D eigenvalue weighted by Crippen LogP contribution is 2.51. The van der Waals surface area contributed by atoms with Crippen LogP contribution in [0, 0.1) is 23.2 Å². The minimum atomic E-state index is 0.314. The molecule has 4 nitrogen and oxygen atoms in total. The van der Waals surface area contributed by atoms with Gasteiger partial charge in [0.15, 0.2) is 17.5 Å². The van der Waals surface area contributed by atoms with E-state index in [-0.39, 0.29) is 0 Å². The summed E-state index contributed by atoms with van der Waals surface area (Å²) >= 11 is 0. The Bertz CT molecular complexity index is 1700. The molecule has 2 bridgehead atoms. The molecule has 7 rings (SSSR count). The number of aromatic nitrogens is 3. The molecule has 4 heteroatoms. The number of benzene rings is 4. The van der Waals surface area contributed by atoms with E-state index in [1.54, 1.807) is 12.1 Å². The molecule has 0 N–H and O–H groups in total. The van der Waals surface area contributed by atoms with Crippen LogP contribution in [0.1, 0.15) is 50.2 Å². The standard InChI is InChI=1S/C37H32N4/c1-37(22-26-7-8-27(21-26)23-37)33-19-17-29(18-20-33)28-13-15-32(16-14-28)36-40-34(30-5-3-2-4-6-30)39-35(41-36)31-11-9-25(24-38)10-12-31/h2-6,9-20,26-27H,7-8,21-23H2,1H3/t26-,27+,37?. The summed E-state index contributed by atoms with van der Waals surface area (Å²) in [6, 6.07) is 37.3. The van der Waals surface area contributed by atoms with Crippen LogP contribution in [0.15, 0.2) is 103 Å². The zero-order chi connectivity index (χ0) is 27.8. The van der Waals surface area contributed by atoms with E-state index < -0.39 is 0 Å². The maximum atomic E-state index is 9.20. The summed E-state index contributed by atoms with van der Waals surface area (Å²) in [6.45, 7) is 2.48. The lowest BCUT2D eigenvalue weighted by molar-refractivity contribution is 0.232. The molecule has 1 aromatic heterocycles. The van der Waals surface area contributed by atoms with Gasteiger partial charge >= 0.3 is 0 Å². The van der Waals surface area contributed by atoms with Gasteiger partial charge in [-0.1, -0.05) is 98.6 Å². The Morgan fingerprint density at radius 3 is 1.54 bits per heavy atom. The zero-order valence-electron chi connectivity index (χ0n) is 23.3. The Balaban J connectivity index is 1.19. The molecule has 5 aromatic rings. The van der Waals surface area contributed by atoms with Crippen LogP contribution in [0.2, 0.25) is 0 Å². The van der Waals surface area contributed by atoms with Crippen molar-refractivity contribution >= 4 is 0 Å². The molecule has 2 aliphatic carbocycles. The summed E-state index contributed by atoms with van der Waals surface area (Å²) in [7, 11) is 0. The van der Waals surface area contributed by atoms with Crippen LogP contribution >= 0.6 is 0 Å². The zero-order valence-corrected chi connectivity index (χ0v) is 23.3. The second kappa shape index (κ2) is 10.4. The van der Waals surface area contributed by atoms with E-state index in [0.29, 0.717) is 28.5 Å². The number of fused-ring (bicyclic) bond motifs is 2. The van der Waals surface area contributed by atoms with Gasteiger partial charge < -0.3 is 0 Å². The van der Waals surface area contributed by atoms with Gasteiger partial charge in [-0.15, -0.1) is 0 Å². The minimum Gasteiger partial charge on any atom is -0.208 e. The van der Waals surface area contributed by atoms with E-state index in [4.69, 9.17) is 15.0 Å². The van der Waals surface area contributed by atoms with Gasteiger partial charge in [0.25, 0.3) is 0 Å². The lowest BCUT2D eigenvalue weighted by Gasteiger charge is -2.38. The summed E-state index contributed by atoms with van der Waals surface area (Å²) in [6.07, 6.45) is 6.96. The molecule has 2 aliphatic rings. The molecule has 0 saturated heterocycles. The Kier molecular flexibility index (Phi) is 6.44. The molecule has 2 fully saturated rings. The van der Waals surface area contributed by atoms with Crippen LogP contribution in [0.4, 0.5) is 0 Å². The van der Waals surface area contributed by atoms with E-state index in [9.17, 15) is 5.26 Å². The Morgan fingerprint density at radius 2 is 1.02 bits per heavy atom. The molecule has 200 valence electrons. The monoisotopic (exact) mass is 532 g/mol. The van der Waals surface area contributed by atoms with Gasteiger partial charge in [-0.3, -0.25) is 0 Å². The van der Waals surface area contributed by atoms with Crippen LogP contribution in [0.3, 0.4) is 0 Å². The Morgan fingerprint density at radius 1 is 0.585 bits per heavy atom. The third-order valence-corrected chi connectivity index (χ3v) is 9.13. The van der Waals surface area contributed by atoms with Crippen LogP contribution in [0.25, 0.3) is 45.3 Å². The summed E-state index contributed by atoms with van der Waals surface area (Å²) in [5.41, 5.74) is 7.53. The Hall–Kier alpha value is -4.62. The fraction of sp³-hybridized carbons (Fsp3) is 0.243. The largest absolute Gasteiger partial charge is 0.208 e. The summed E-state index contributed by atoms with van der Waals surface area (Å²) in [5, 5.41) is 9.20. The molecule has 3 atom stereocenters. The molecular formula is C37H32N4. The molecule has 0 aliphatic heterocycles. The third kappa shape index (κ3) is 5.05. The van der Waals surface area contributed by atoms with Crippen molar-refractivity contribution in [3.05, 3.63) is 114 Å². The topological polar surface area (TPSA) is 62.5 Å². The smallest absolute Gasteiger partial charge is 0.164 e. The van der Waals surface area contributed by atoms with Gasteiger partial charge in [0.05, 0.1) is 11.6 Å². The SMILES string of the molecule is CC1(c2ccc(-c3ccc(-c4nc(-c5ccccc5)nc(-c5ccc(C#N)cc5)n4)cc3)cc2)C[C@@H]2CC[C@@H](C2)C1. The van der Waals surface area contributed by atoms with Gasteiger partial charge in [-0.2, -0.15) is 5.26 Å². The molecule has 0 radical (unpaired) electrons. The number of hydrogen-bond acceptors (Lipinski definition) is 4. The fourth-order valence-corrected chi connectivity index (χ4v) is 7.06. The van der Waals surface area contributed by atoms with Gasteiger partial charge in [0, 0.05) is 16.7 Å². The Labute approximate surface area is 241 Å². The van der Waals surface area contributed by atoms with Crippen LogP contribution < -0.4 is 0 Å². The molecule has 4 aromatic carbocycles. The second-order valence-electron chi connectivity index (χ2n) is 12.0. The molecule has 1 unspecified atom stereocenters. The van der Waals surface area contributed by atoms with Crippen molar-refractivity contribution in [3.8, 4) is 51.4 Å². The predicted octanol–water partition coefficient (Wildman–Crippen LogP) is 8.88. The molecule has 1 heterocycles. The van der Waals surface area contributed by atoms with Crippen molar-refractivity contribution in [2.75, 3.05) is 0 Å². The number of hydrogen-bond donors (Lipinski definition) is 0. The first-order chi connectivity index (χ1) is 20.1. The van der Waals surface area contributed by atoms with Crippen molar-refractivity contribution in [1.82, 2.24) is 15.0 Å². The lowest BCUT2D eigenvalue weighted by Crippen LogP contribution is -2.30. The van der Waals surface area contributed by atoms with Crippen molar-refractivity contribution in [1.29, 1.82) is 5.26 Å². The maximum Gasteiger partial charge on any atom is 0.164 e. The van der Waals surface area contributed by atoms with E-state index in [2.05, 4.69) is 61.5 Å².